The van der Waals surface area contributed by atoms with Crippen LogP contribution in [0.1, 0.15) is 29.1 Å². The third-order valence-corrected chi connectivity index (χ3v) is 4.84. The number of carbonyl (C=O) groups excluding carboxylic acids is 1. The second-order valence-electron chi connectivity index (χ2n) is 6.18. The first kappa shape index (κ1) is 17.5. The van der Waals surface area contributed by atoms with Crippen LogP contribution in [-0.4, -0.2) is 22.6 Å². The Kier molecular flexibility index (Phi) is 4.81. The van der Waals surface area contributed by atoms with Gasteiger partial charge in [-0.2, -0.15) is 0 Å². The number of carbonyl (C=O) groups is 1. The number of ether oxygens (including phenoxy) is 1. The number of hydrogen-bond acceptors (Lipinski definition) is 4. The molecule has 0 unspecified atom stereocenters. The van der Waals surface area contributed by atoms with Gasteiger partial charge in [-0.25, -0.2) is 4.98 Å². The summed E-state index contributed by atoms with van der Waals surface area (Å²) in [5.41, 5.74) is 2.83. The van der Waals surface area contributed by atoms with Crippen LogP contribution in [-0.2, 0) is 24.2 Å². The first-order chi connectivity index (χ1) is 11.9. The number of methoxy groups -OCH3 is 1. The van der Waals surface area contributed by atoms with E-state index in [0.717, 1.165) is 36.1 Å². The van der Waals surface area contributed by atoms with Crippen LogP contribution >= 0.6 is 11.6 Å². The Balaban J connectivity index is 1.85. The topological polar surface area (TPSA) is 73.2 Å². The molecule has 2 aromatic rings. The summed E-state index contributed by atoms with van der Waals surface area (Å²) in [4.78, 5) is 29.5. The molecule has 1 heterocycles. The molecule has 0 bridgehead atoms. The third-order valence-electron chi connectivity index (χ3n) is 4.44. The molecule has 132 valence electrons. The van der Waals surface area contributed by atoms with Crippen molar-refractivity contribution in [1.82, 2.24) is 9.55 Å². The molecule has 6 nitrogen and oxygen atoms in total. The van der Waals surface area contributed by atoms with Crippen LogP contribution in [0.3, 0.4) is 0 Å². The van der Waals surface area contributed by atoms with Crippen LogP contribution in [0.25, 0.3) is 0 Å². The number of benzene rings is 1. The maximum absolute atomic E-state index is 12.6. The van der Waals surface area contributed by atoms with Crippen LogP contribution in [0, 0.1) is 13.8 Å². The van der Waals surface area contributed by atoms with Gasteiger partial charge in [0.05, 0.1) is 18.5 Å². The molecule has 1 aliphatic carbocycles. The number of aromatic nitrogens is 2. The zero-order chi connectivity index (χ0) is 18.1. The van der Waals surface area contributed by atoms with Gasteiger partial charge in [-0.3, -0.25) is 14.2 Å². The molecule has 25 heavy (non-hydrogen) atoms. The fourth-order valence-electron chi connectivity index (χ4n) is 3.10. The lowest BCUT2D eigenvalue weighted by Crippen LogP contribution is -2.32. The minimum Gasteiger partial charge on any atom is -0.495 e. The van der Waals surface area contributed by atoms with Crippen LogP contribution in [0.15, 0.2) is 16.9 Å². The molecule has 7 heteroatoms. The number of nitrogens with one attached hydrogen (secondary N) is 1. The minimum atomic E-state index is -0.315. The Labute approximate surface area is 150 Å². The number of rotatable bonds is 4. The van der Waals surface area contributed by atoms with Crippen molar-refractivity contribution >= 4 is 23.2 Å². The Morgan fingerprint density at radius 3 is 2.84 bits per heavy atom. The number of anilines is 1. The fourth-order valence-corrected chi connectivity index (χ4v) is 3.25. The average Bonchev–Trinajstić information content (AvgIpc) is 3.03. The van der Waals surface area contributed by atoms with Crippen molar-refractivity contribution in [3.63, 3.8) is 0 Å². The summed E-state index contributed by atoms with van der Waals surface area (Å²) in [6, 6.07) is 3.40. The average molecular weight is 362 g/mol. The number of halogens is 1. The van der Waals surface area contributed by atoms with E-state index in [-0.39, 0.29) is 18.0 Å². The lowest BCUT2D eigenvalue weighted by atomic mass is 10.2. The van der Waals surface area contributed by atoms with Gasteiger partial charge in [-0.05, 0) is 44.7 Å². The maximum Gasteiger partial charge on any atom is 0.257 e. The Morgan fingerprint density at radius 1 is 1.36 bits per heavy atom. The third kappa shape index (κ3) is 3.39. The Bertz CT molecular complexity index is 905. The highest BCUT2D eigenvalue weighted by molar-refractivity contribution is 6.31. The van der Waals surface area contributed by atoms with Crippen LogP contribution < -0.4 is 15.6 Å². The smallest absolute Gasteiger partial charge is 0.257 e. The highest BCUT2D eigenvalue weighted by atomic mass is 35.5. The molecule has 0 saturated heterocycles. The number of aryl methyl sites for hydroxylation is 3. The molecule has 1 aromatic heterocycles. The molecule has 0 saturated carbocycles. The predicted octanol–water partition coefficient (Wildman–Crippen LogP) is 2.65. The summed E-state index contributed by atoms with van der Waals surface area (Å²) in [5.74, 6) is 0.713. The van der Waals surface area contributed by atoms with Gasteiger partial charge >= 0.3 is 0 Å². The van der Waals surface area contributed by atoms with E-state index >= 15 is 0 Å². The van der Waals surface area contributed by atoms with E-state index in [4.69, 9.17) is 16.3 Å². The molecular formula is C18H20ClN3O3. The zero-order valence-corrected chi connectivity index (χ0v) is 15.2. The minimum absolute atomic E-state index is 0.0875. The predicted molar refractivity (Wildman–Crippen MR) is 96.6 cm³/mol. The monoisotopic (exact) mass is 361 g/mol. The highest BCUT2D eigenvalue weighted by Gasteiger charge is 2.20. The van der Waals surface area contributed by atoms with E-state index in [1.807, 2.05) is 6.92 Å². The van der Waals surface area contributed by atoms with E-state index in [9.17, 15) is 9.59 Å². The van der Waals surface area contributed by atoms with Gasteiger partial charge in [0.1, 0.15) is 18.1 Å². The SMILES string of the molecule is COc1cc(Cl)c(C)cc1NC(=O)Cn1c(C)nc2c(c1=O)CCC2. The van der Waals surface area contributed by atoms with Crippen molar-refractivity contribution in [1.29, 1.82) is 0 Å². The molecule has 1 N–H and O–H groups in total. The number of nitrogens with zero attached hydrogens (tertiary/aromatic N) is 2. The molecule has 3 rings (SSSR count). The van der Waals surface area contributed by atoms with E-state index in [2.05, 4.69) is 10.3 Å². The standard InChI is InChI=1S/C18H20ClN3O3/c1-10-7-15(16(25-3)8-13(10)19)21-17(23)9-22-11(2)20-14-6-4-5-12(14)18(22)24/h7-8H,4-6,9H2,1-3H3,(H,21,23). The van der Waals surface area contributed by atoms with E-state index < -0.39 is 0 Å². The van der Waals surface area contributed by atoms with Crippen molar-refractivity contribution in [2.24, 2.45) is 0 Å². The quantitative estimate of drug-likeness (QED) is 0.908. The van der Waals surface area contributed by atoms with Crippen molar-refractivity contribution in [3.05, 3.63) is 50.2 Å². The lowest BCUT2D eigenvalue weighted by molar-refractivity contribution is -0.116. The van der Waals surface area contributed by atoms with E-state index in [1.165, 1.54) is 11.7 Å². The molecule has 0 radical (unpaired) electrons. The van der Waals surface area contributed by atoms with Crippen LogP contribution in [0.4, 0.5) is 5.69 Å². The van der Waals surface area contributed by atoms with Crippen LogP contribution in [0.5, 0.6) is 5.75 Å². The van der Waals surface area contributed by atoms with Gasteiger partial charge in [-0.1, -0.05) is 11.6 Å². The normalized spacial score (nSPS) is 12.8. The molecule has 1 aliphatic rings. The molecule has 0 aliphatic heterocycles. The first-order valence-corrected chi connectivity index (χ1v) is 8.51. The number of amides is 1. The maximum atomic E-state index is 12.6. The molecular weight excluding hydrogens is 342 g/mol. The summed E-state index contributed by atoms with van der Waals surface area (Å²) in [7, 11) is 1.51. The van der Waals surface area contributed by atoms with Gasteiger partial charge in [0.2, 0.25) is 5.91 Å². The molecule has 1 amide bonds. The van der Waals surface area contributed by atoms with Crippen molar-refractivity contribution in [2.75, 3.05) is 12.4 Å². The second kappa shape index (κ2) is 6.88. The van der Waals surface area contributed by atoms with Crippen molar-refractivity contribution in [3.8, 4) is 5.75 Å². The highest BCUT2D eigenvalue weighted by Crippen LogP contribution is 2.30. The molecule has 1 aromatic carbocycles. The second-order valence-corrected chi connectivity index (χ2v) is 6.59. The molecule has 0 fully saturated rings. The Hall–Kier alpha value is -2.34. The van der Waals surface area contributed by atoms with Gasteiger partial charge in [0.25, 0.3) is 5.56 Å². The summed E-state index contributed by atoms with van der Waals surface area (Å²) in [5, 5.41) is 3.35. The van der Waals surface area contributed by atoms with Gasteiger partial charge in [-0.15, -0.1) is 0 Å². The summed E-state index contributed by atoms with van der Waals surface area (Å²) < 4.78 is 6.69. The van der Waals surface area contributed by atoms with Crippen molar-refractivity contribution in [2.45, 2.75) is 39.7 Å². The summed E-state index contributed by atoms with van der Waals surface area (Å²) in [6.07, 6.45) is 2.50. The number of fused-ring (bicyclic) bond motifs is 1. The fraction of sp³-hybridized carbons (Fsp3) is 0.389. The van der Waals surface area contributed by atoms with Gasteiger partial charge < -0.3 is 10.1 Å². The lowest BCUT2D eigenvalue weighted by Gasteiger charge is -2.14. The Morgan fingerprint density at radius 2 is 2.12 bits per heavy atom. The largest absolute Gasteiger partial charge is 0.495 e. The van der Waals surface area contributed by atoms with E-state index in [0.29, 0.717) is 22.3 Å². The first-order valence-electron chi connectivity index (χ1n) is 8.14. The van der Waals surface area contributed by atoms with Gasteiger partial charge in [0, 0.05) is 16.7 Å². The molecule has 0 spiro atoms. The summed E-state index contributed by atoms with van der Waals surface area (Å²) in [6.45, 7) is 3.51. The van der Waals surface area contributed by atoms with Gasteiger partial charge in [0.15, 0.2) is 0 Å². The zero-order valence-electron chi connectivity index (χ0n) is 14.5. The van der Waals surface area contributed by atoms with Crippen molar-refractivity contribution < 1.29 is 9.53 Å². The van der Waals surface area contributed by atoms with Crippen LogP contribution in [0.2, 0.25) is 5.02 Å². The molecule has 0 atom stereocenters. The summed E-state index contributed by atoms with van der Waals surface area (Å²) >= 11 is 6.08. The van der Waals surface area contributed by atoms with E-state index in [1.54, 1.807) is 19.1 Å². The number of hydrogen-bond donors (Lipinski definition) is 1.